The van der Waals surface area contributed by atoms with Crippen LogP contribution in [0.2, 0.25) is 0 Å². The van der Waals surface area contributed by atoms with Gasteiger partial charge in [-0.25, -0.2) is 0 Å². The predicted molar refractivity (Wildman–Crippen MR) is 58.5 cm³/mol. The summed E-state index contributed by atoms with van der Waals surface area (Å²) in [5, 5.41) is 0. The molecule has 1 aromatic heterocycles. The number of hydrogen-bond donors (Lipinski definition) is 0. The molecule has 0 N–H and O–H groups in total. The van der Waals surface area contributed by atoms with Crippen LogP contribution in [0.4, 0.5) is 0 Å². The van der Waals surface area contributed by atoms with E-state index in [4.69, 9.17) is 4.42 Å². The molecule has 4 nitrogen and oxygen atoms in total. The molecule has 0 bridgehead atoms. The zero-order chi connectivity index (χ0) is 11.8. The van der Waals surface area contributed by atoms with Gasteiger partial charge in [-0.2, -0.15) is 0 Å². The number of allylic oxidation sites excluding steroid dienone is 1. The Kier molecular flexibility index (Phi) is 4.79. The van der Waals surface area contributed by atoms with Gasteiger partial charge in [-0.05, 0) is 24.3 Å². The fourth-order valence-electron chi connectivity index (χ4n) is 0.965. The van der Waals surface area contributed by atoms with Gasteiger partial charge in [0.25, 0.3) is 0 Å². The normalized spacial score (nSPS) is 10.2. The van der Waals surface area contributed by atoms with Crippen LogP contribution in [0.5, 0.6) is 0 Å². The average Bonchev–Trinajstić information content (AvgIpc) is 2.76. The summed E-state index contributed by atoms with van der Waals surface area (Å²) in [5.41, 5.74) is 0. The van der Waals surface area contributed by atoms with Crippen molar-refractivity contribution < 1.29 is 18.7 Å². The van der Waals surface area contributed by atoms with Gasteiger partial charge in [-0.15, -0.1) is 0 Å². The van der Waals surface area contributed by atoms with E-state index in [9.17, 15) is 9.59 Å². The topological polar surface area (TPSA) is 56.5 Å². The van der Waals surface area contributed by atoms with E-state index in [1.165, 1.54) is 24.5 Å². The lowest BCUT2D eigenvalue weighted by atomic mass is 10.2. The molecule has 0 radical (unpaired) electrons. The van der Waals surface area contributed by atoms with Gasteiger partial charge in [0.05, 0.1) is 6.26 Å². The second kappa shape index (κ2) is 6.40. The zero-order valence-electron chi connectivity index (χ0n) is 8.72. The standard InChI is InChI=1S/C12H12O4/c1-2-7-16-12(14)9-10(13)5-6-11-4-3-8-15-11/h2-6,8H,1,7,9H2. The number of carbonyl (C=O) groups is 2. The number of ketones is 1. The van der Waals surface area contributed by atoms with Crippen molar-refractivity contribution in [3.05, 3.63) is 42.9 Å². The maximum atomic E-state index is 11.3. The van der Waals surface area contributed by atoms with Crippen molar-refractivity contribution in [1.29, 1.82) is 0 Å². The van der Waals surface area contributed by atoms with Gasteiger partial charge < -0.3 is 9.15 Å². The second-order valence-corrected chi connectivity index (χ2v) is 2.96. The Morgan fingerprint density at radius 1 is 1.50 bits per heavy atom. The molecule has 0 aliphatic heterocycles. The van der Waals surface area contributed by atoms with E-state index in [-0.39, 0.29) is 18.8 Å². The molecule has 0 aromatic carbocycles. The third-order valence-electron chi connectivity index (χ3n) is 1.66. The first-order valence-corrected chi connectivity index (χ1v) is 4.73. The number of rotatable bonds is 6. The summed E-state index contributed by atoms with van der Waals surface area (Å²) >= 11 is 0. The number of furan rings is 1. The van der Waals surface area contributed by atoms with E-state index in [0.717, 1.165) is 0 Å². The van der Waals surface area contributed by atoms with Crippen LogP contribution in [0, 0.1) is 0 Å². The molecule has 1 heterocycles. The van der Waals surface area contributed by atoms with Gasteiger partial charge in [-0.3, -0.25) is 9.59 Å². The van der Waals surface area contributed by atoms with Crippen LogP contribution in [0.15, 0.2) is 41.5 Å². The minimum absolute atomic E-state index is 0.119. The number of ether oxygens (including phenoxy) is 1. The monoisotopic (exact) mass is 220 g/mol. The Hall–Kier alpha value is -2.10. The molecule has 0 unspecified atom stereocenters. The van der Waals surface area contributed by atoms with E-state index in [0.29, 0.717) is 5.76 Å². The molecule has 0 fully saturated rings. The largest absolute Gasteiger partial charge is 0.465 e. The highest BCUT2D eigenvalue weighted by molar-refractivity contribution is 6.03. The minimum atomic E-state index is -0.561. The summed E-state index contributed by atoms with van der Waals surface area (Å²) in [5.74, 6) is -0.327. The predicted octanol–water partition coefficient (Wildman–Crippen LogP) is 1.98. The molecule has 84 valence electrons. The highest BCUT2D eigenvalue weighted by Crippen LogP contribution is 2.03. The van der Waals surface area contributed by atoms with Gasteiger partial charge in [0.15, 0.2) is 5.78 Å². The van der Waals surface area contributed by atoms with E-state index in [2.05, 4.69) is 11.3 Å². The summed E-state index contributed by atoms with van der Waals surface area (Å²) in [6.45, 7) is 3.51. The molecule has 0 saturated carbocycles. The molecular weight excluding hydrogens is 208 g/mol. The first-order valence-electron chi connectivity index (χ1n) is 4.73. The molecule has 0 amide bonds. The van der Waals surface area contributed by atoms with Crippen LogP contribution < -0.4 is 0 Å². The number of esters is 1. The summed E-state index contributed by atoms with van der Waals surface area (Å²) in [7, 11) is 0. The molecule has 16 heavy (non-hydrogen) atoms. The van der Waals surface area contributed by atoms with Crippen LogP contribution in [0.3, 0.4) is 0 Å². The first-order chi connectivity index (χ1) is 7.72. The van der Waals surface area contributed by atoms with Crippen LogP contribution in [0.25, 0.3) is 6.08 Å². The maximum Gasteiger partial charge on any atom is 0.313 e. The molecular formula is C12H12O4. The van der Waals surface area contributed by atoms with Crippen molar-refractivity contribution in [3.8, 4) is 0 Å². The lowest BCUT2D eigenvalue weighted by Gasteiger charge is -1.97. The third-order valence-corrected chi connectivity index (χ3v) is 1.66. The highest BCUT2D eigenvalue weighted by atomic mass is 16.5. The van der Waals surface area contributed by atoms with Crippen molar-refractivity contribution in [2.75, 3.05) is 6.61 Å². The molecule has 1 rings (SSSR count). The quantitative estimate of drug-likeness (QED) is 0.318. The molecule has 0 aliphatic rings. The Morgan fingerprint density at radius 2 is 2.31 bits per heavy atom. The van der Waals surface area contributed by atoms with Crippen LogP contribution in [0.1, 0.15) is 12.2 Å². The van der Waals surface area contributed by atoms with E-state index >= 15 is 0 Å². The van der Waals surface area contributed by atoms with Crippen molar-refractivity contribution in [2.45, 2.75) is 6.42 Å². The first kappa shape index (κ1) is 12.0. The van der Waals surface area contributed by atoms with Crippen molar-refractivity contribution in [2.24, 2.45) is 0 Å². The molecule has 0 atom stereocenters. The summed E-state index contributed by atoms with van der Waals surface area (Å²) in [6.07, 6.45) is 5.46. The van der Waals surface area contributed by atoms with E-state index in [1.807, 2.05) is 0 Å². The van der Waals surface area contributed by atoms with Gasteiger partial charge in [0.1, 0.15) is 18.8 Å². The zero-order valence-corrected chi connectivity index (χ0v) is 8.72. The third kappa shape index (κ3) is 4.41. The fraction of sp³-hybridized carbons (Fsp3) is 0.167. The highest BCUT2D eigenvalue weighted by Gasteiger charge is 2.07. The average molecular weight is 220 g/mol. The molecule has 4 heteroatoms. The van der Waals surface area contributed by atoms with Crippen molar-refractivity contribution >= 4 is 17.8 Å². The Balaban J connectivity index is 2.36. The molecule has 0 spiro atoms. The van der Waals surface area contributed by atoms with Crippen LogP contribution in [-0.4, -0.2) is 18.4 Å². The number of carbonyl (C=O) groups excluding carboxylic acids is 2. The van der Waals surface area contributed by atoms with E-state index < -0.39 is 5.97 Å². The Labute approximate surface area is 93.2 Å². The second-order valence-electron chi connectivity index (χ2n) is 2.96. The van der Waals surface area contributed by atoms with Crippen LogP contribution >= 0.6 is 0 Å². The van der Waals surface area contributed by atoms with Gasteiger partial charge >= 0.3 is 5.97 Å². The van der Waals surface area contributed by atoms with Crippen molar-refractivity contribution in [1.82, 2.24) is 0 Å². The van der Waals surface area contributed by atoms with Gasteiger partial charge in [-0.1, -0.05) is 12.7 Å². The lowest BCUT2D eigenvalue weighted by molar-refractivity contribution is -0.144. The van der Waals surface area contributed by atoms with Crippen LogP contribution in [-0.2, 0) is 14.3 Å². The molecule has 0 aliphatic carbocycles. The molecule has 0 saturated heterocycles. The SMILES string of the molecule is C=CCOC(=O)CC(=O)C=Cc1ccco1. The molecule has 1 aromatic rings. The minimum Gasteiger partial charge on any atom is -0.465 e. The summed E-state index contributed by atoms with van der Waals surface area (Å²) in [6, 6.07) is 3.42. The van der Waals surface area contributed by atoms with Crippen molar-refractivity contribution in [3.63, 3.8) is 0 Å². The fourth-order valence-corrected chi connectivity index (χ4v) is 0.965. The number of hydrogen-bond acceptors (Lipinski definition) is 4. The Bertz CT molecular complexity index is 387. The van der Waals surface area contributed by atoms with Gasteiger partial charge in [0, 0.05) is 0 Å². The van der Waals surface area contributed by atoms with E-state index in [1.54, 1.807) is 12.1 Å². The summed E-state index contributed by atoms with van der Waals surface area (Å²) in [4.78, 5) is 22.3. The smallest absolute Gasteiger partial charge is 0.313 e. The Morgan fingerprint density at radius 3 is 2.94 bits per heavy atom. The van der Waals surface area contributed by atoms with Gasteiger partial charge in [0.2, 0.25) is 0 Å². The maximum absolute atomic E-state index is 11.3. The summed E-state index contributed by atoms with van der Waals surface area (Å²) < 4.78 is 9.65. The lowest BCUT2D eigenvalue weighted by Crippen LogP contribution is -2.09.